The summed E-state index contributed by atoms with van der Waals surface area (Å²) in [5.74, 6) is -1.10. The first-order valence-corrected chi connectivity index (χ1v) is 7.30. The van der Waals surface area contributed by atoms with Crippen LogP contribution in [0.3, 0.4) is 0 Å². The first-order chi connectivity index (χ1) is 11.5. The van der Waals surface area contributed by atoms with E-state index in [1.54, 1.807) is 42.5 Å². The van der Waals surface area contributed by atoms with Crippen molar-refractivity contribution in [2.75, 3.05) is 20.8 Å². The molecule has 0 saturated carbocycles. The molecule has 0 atom stereocenters. The smallest absolute Gasteiger partial charge is 0.342 e. The number of hydrogen-bond acceptors (Lipinski definition) is 4. The molecule has 0 saturated heterocycles. The largest absolute Gasteiger partial charge is 0.496 e. The van der Waals surface area contributed by atoms with Gasteiger partial charge in [-0.3, -0.25) is 4.79 Å². The average Bonchev–Trinajstić information content (AvgIpc) is 2.61. The van der Waals surface area contributed by atoms with E-state index in [9.17, 15) is 14.0 Å². The summed E-state index contributed by atoms with van der Waals surface area (Å²) in [4.78, 5) is 25.4. The van der Waals surface area contributed by atoms with Gasteiger partial charge in [-0.05, 0) is 18.2 Å². The third-order valence-corrected chi connectivity index (χ3v) is 3.44. The second-order valence-electron chi connectivity index (χ2n) is 5.12. The summed E-state index contributed by atoms with van der Waals surface area (Å²) >= 11 is 0. The van der Waals surface area contributed by atoms with E-state index in [-0.39, 0.29) is 17.9 Å². The number of hydrogen-bond donors (Lipinski definition) is 0. The van der Waals surface area contributed by atoms with Crippen LogP contribution in [-0.4, -0.2) is 37.5 Å². The molecule has 0 aliphatic heterocycles. The van der Waals surface area contributed by atoms with Crippen molar-refractivity contribution < 1.29 is 23.5 Å². The molecular weight excluding hydrogens is 313 g/mol. The number of amides is 1. The minimum Gasteiger partial charge on any atom is -0.496 e. The predicted molar refractivity (Wildman–Crippen MR) is 86.2 cm³/mol. The quantitative estimate of drug-likeness (QED) is 0.764. The minimum absolute atomic E-state index is 0.0950. The summed E-state index contributed by atoms with van der Waals surface area (Å²) in [5, 5.41) is 0. The fourth-order valence-electron chi connectivity index (χ4n) is 2.10. The molecule has 0 N–H and O–H groups in total. The van der Waals surface area contributed by atoms with Crippen molar-refractivity contribution >= 4 is 11.9 Å². The fraction of sp³-hybridized carbons (Fsp3) is 0.222. The van der Waals surface area contributed by atoms with Crippen LogP contribution in [0.2, 0.25) is 0 Å². The summed E-state index contributed by atoms with van der Waals surface area (Å²) in [6, 6.07) is 12.8. The minimum atomic E-state index is -0.653. The maximum Gasteiger partial charge on any atom is 0.342 e. The number of ether oxygens (including phenoxy) is 2. The molecule has 2 aromatic carbocycles. The van der Waals surface area contributed by atoms with Crippen LogP contribution in [0.15, 0.2) is 48.5 Å². The first-order valence-electron chi connectivity index (χ1n) is 7.30. The summed E-state index contributed by atoms with van der Waals surface area (Å²) in [6.07, 6.45) is 0. The van der Waals surface area contributed by atoms with Crippen LogP contribution < -0.4 is 4.74 Å². The molecule has 0 fully saturated rings. The SMILES string of the molecule is COc1ccccc1C(=O)OCC(=O)N(C)Cc1ccccc1F. The van der Waals surface area contributed by atoms with Crippen molar-refractivity contribution in [3.63, 3.8) is 0 Å². The van der Waals surface area contributed by atoms with Gasteiger partial charge in [-0.2, -0.15) is 0 Å². The van der Waals surface area contributed by atoms with E-state index in [1.807, 2.05) is 0 Å². The Morgan fingerprint density at radius 3 is 2.46 bits per heavy atom. The number of rotatable bonds is 6. The molecule has 0 unspecified atom stereocenters. The van der Waals surface area contributed by atoms with Gasteiger partial charge in [0.2, 0.25) is 0 Å². The van der Waals surface area contributed by atoms with Crippen LogP contribution in [0.5, 0.6) is 5.75 Å². The first kappa shape index (κ1) is 17.5. The number of benzene rings is 2. The van der Waals surface area contributed by atoms with Gasteiger partial charge in [0.25, 0.3) is 5.91 Å². The van der Waals surface area contributed by atoms with Crippen molar-refractivity contribution in [3.8, 4) is 5.75 Å². The van der Waals surface area contributed by atoms with E-state index in [4.69, 9.17) is 9.47 Å². The number of para-hydroxylation sites is 1. The van der Waals surface area contributed by atoms with Gasteiger partial charge in [0, 0.05) is 19.2 Å². The molecule has 0 spiro atoms. The molecule has 24 heavy (non-hydrogen) atoms. The zero-order chi connectivity index (χ0) is 17.5. The van der Waals surface area contributed by atoms with Crippen LogP contribution in [0, 0.1) is 5.82 Å². The van der Waals surface area contributed by atoms with Crippen LogP contribution in [0.4, 0.5) is 4.39 Å². The topological polar surface area (TPSA) is 55.8 Å². The molecule has 1 amide bonds. The van der Waals surface area contributed by atoms with E-state index in [0.717, 1.165) is 0 Å². The number of carbonyl (C=O) groups excluding carboxylic acids is 2. The molecule has 0 aliphatic carbocycles. The molecule has 6 heteroatoms. The van der Waals surface area contributed by atoms with Crippen LogP contribution in [-0.2, 0) is 16.1 Å². The maximum atomic E-state index is 13.6. The predicted octanol–water partition coefficient (Wildman–Crippen LogP) is 2.65. The Kier molecular flexibility index (Phi) is 5.89. The molecule has 2 aromatic rings. The van der Waals surface area contributed by atoms with Crippen molar-refractivity contribution in [2.24, 2.45) is 0 Å². The number of esters is 1. The number of carbonyl (C=O) groups is 2. The highest BCUT2D eigenvalue weighted by Gasteiger charge is 2.17. The Morgan fingerprint density at radius 1 is 1.08 bits per heavy atom. The van der Waals surface area contributed by atoms with Gasteiger partial charge in [0.1, 0.15) is 17.1 Å². The average molecular weight is 331 g/mol. The molecule has 126 valence electrons. The van der Waals surface area contributed by atoms with Crippen molar-refractivity contribution in [1.29, 1.82) is 0 Å². The standard InChI is InChI=1S/C18H18FNO4/c1-20(11-13-7-3-5-9-15(13)19)17(21)12-24-18(22)14-8-4-6-10-16(14)23-2/h3-10H,11-12H2,1-2H3. The summed E-state index contributed by atoms with van der Waals surface area (Å²) in [6.45, 7) is -0.334. The second-order valence-corrected chi connectivity index (χ2v) is 5.12. The van der Waals surface area contributed by atoms with Gasteiger partial charge in [-0.25, -0.2) is 9.18 Å². The molecule has 2 rings (SSSR count). The summed E-state index contributed by atoms with van der Waals surface area (Å²) < 4.78 is 23.7. The van der Waals surface area contributed by atoms with Crippen LogP contribution >= 0.6 is 0 Å². The second kappa shape index (κ2) is 8.10. The normalized spacial score (nSPS) is 10.1. The molecule has 0 aliphatic rings. The highest BCUT2D eigenvalue weighted by molar-refractivity contribution is 5.93. The van der Waals surface area contributed by atoms with Gasteiger partial charge in [0.15, 0.2) is 6.61 Å². The highest BCUT2D eigenvalue weighted by atomic mass is 19.1. The molecular formula is C18H18FNO4. The fourth-order valence-corrected chi connectivity index (χ4v) is 2.10. The third kappa shape index (κ3) is 4.32. The molecule has 0 aromatic heterocycles. The molecule has 5 nitrogen and oxygen atoms in total. The monoisotopic (exact) mass is 331 g/mol. The number of nitrogens with zero attached hydrogens (tertiary/aromatic N) is 1. The molecule has 0 bridgehead atoms. The van der Waals surface area contributed by atoms with E-state index in [1.165, 1.54) is 25.1 Å². The Balaban J connectivity index is 1.92. The van der Waals surface area contributed by atoms with Gasteiger partial charge >= 0.3 is 5.97 Å². The van der Waals surface area contributed by atoms with E-state index < -0.39 is 18.5 Å². The summed E-state index contributed by atoms with van der Waals surface area (Å²) in [5.41, 5.74) is 0.633. The van der Waals surface area contributed by atoms with E-state index in [2.05, 4.69) is 0 Å². The number of halogens is 1. The summed E-state index contributed by atoms with van der Waals surface area (Å²) in [7, 11) is 2.96. The number of likely N-dealkylation sites (N-methyl/N-ethyl adjacent to an activating group) is 1. The van der Waals surface area contributed by atoms with Crippen LogP contribution in [0.1, 0.15) is 15.9 Å². The Bertz CT molecular complexity index is 732. The lowest BCUT2D eigenvalue weighted by molar-refractivity contribution is -0.133. The Labute approximate surface area is 139 Å². The zero-order valence-electron chi connectivity index (χ0n) is 13.5. The van der Waals surface area contributed by atoms with Crippen molar-refractivity contribution in [1.82, 2.24) is 4.90 Å². The number of methoxy groups -OCH3 is 1. The van der Waals surface area contributed by atoms with Gasteiger partial charge in [0.05, 0.1) is 7.11 Å². The Hall–Kier alpha value is -2.89. The lowest BCUT2D eigenvalue weighted by Gasteiger charge is -2.17. The van der Waals surface area contributed by atoms with Crippen molar-refractivity contribution in [2.45, 2.75) is 6.54 Å². The lowest BCUT2D eigenvalue weighted by Crippen LogP contribution is -2.31. The van der Waals surface area contributed by atoms with Gasteiger partial charge in [-0.15, -0.1) is 0 Å². The van der Waals surface area contributed by atoms with Crippen LogP contribution in [0.25, 0.3) is 0 Å². The van der Waals surface area contributed by atoms with E-state index >= 15 is 0 Å². The van der Waals surface area contributed by atoms with E-state index in [0.29, 0.717) is 11.3 Å². The molecule has 0 radical (unpaired) electrons. The third-order valence-electron chi connectivity index (χ3n) is 3.44. The van der Waals surface area contributed by atoms with Crippen molar-refractivity contribution in [3.05, 3.63) is 65.5 Å². The van der Waals surface area contributed by atoms with Gasteiger partial charge in [-0.1, -0.05) is 30.3 Å². The molecule has 0 heterocycles. The maximum absolute atomic E-state index is 13.6. The lowest BCUT2D eigenvalue weighted by atomic mass is 10.2. The van der Waals surface area contributed by atoms with Gasteiger partial charge < -0.3 is 14.4 Å². The zero-order valence-corrected chi connectivity index (χ0v) is 13.5. The highest BCUT2D eigenvalue weighted by Crippen LogP contribution is 2.18. The Morgan fingerprint density at radius 2 is 1.75 bits per heavy atom.